The van der Waals surface area contributed by atoms with E-state index in [9.17, 15) is 15.0 Å². The summed E-state index contributed by atoms with van der Waals surface area (Å²) < 4.78 is 38.9. The Kier molecular flexibility index (Phi) is 7.95. The smallest absolute Gasteiger partial charge is 0.251 e. The number of halogens is 3. The van der Waals surface area contributed by atoms with Gasteiger partial charge >= 0.3 is 0 Å². The summed E-state index contributed by atoms with van der Waals surface area (Å²) in [6.45, 7) is 4.10. The summed E-state index contributed by atoms with van der Waals surface area (Å²) in [6, 6.07) is 11.1. The number of nitrogens with one attached hydrogen (secondary N) is 2. The van der Waals surface area contributed by atoms with Crippen LogP contribution < -0.4 is 15.4 Å². The van der Waals surface area contributed by atoms with Crippen molar-refractivity contribution in [2.45, 2.75) is 81.9 Å². The molecule has 0 bridgehead atoms. The number of fused-ring (bicyclic) bond motifs is 2. The highest BCUT2D eigenvalue weighted by molar-refractivity contribution is 6.33. The van der Waals surface area contributed by atoms with Gasteiger partial charge in [0.15, 0.2) is 5.60 Å². The number of benzene rings is 2. The van der Waals surface area contributed by atoms with Crippen LogP contribution in [0.15, 0.2) is 53.6 Å². The quantitative estimate of drug-likeness (QED) is 0.351. The fraction of sp³-hybridized carbons (Fsp3) is 0.500. The third kappa shape index (κ3) is 5.30. The van der Waals surface area contributed by atoms with Gasteiger partial charge in [-0.05, 0) is 56.6 Å². The lowest BCUT2D eigenvalue weighted by Gasteiger charge is -2.36. The molecule has 4 N–H and O–H groups in total. The van der Waals surface area contributed by atoms with Gasteiger partial charge in [0.2, 0.25) is 0 Å². The van der Waals surface area contributed by atoms with Gasteiger partial charge in [-0.15, -0.1) is 0 Å². The first kappa shape index (κ1) is 30.3. The van der Waals surface area contributed by atoms with E-state index in [2.05, 4.69) is 10.6 Å². The van der Waals surface area contributed by atoms with Crippen LogP contribution in [0.3, 0.4) is 0 Å². The third-order valence-corrected chi connectivity index (χ3v) is 10.4. The van der Waals surface area contributed by atoms with Gasteiger partial charge < -0.3 is 25.6 Å². The van der Waals surface area contributed by atoms with Crippen molar-refractivity contribution >= 4 is 23.1 Å². The van der Waals surface area contributed by atoms with Gasteiger partial charge in [-0.2, -0.15) is 0 Å². The molecule has 0 aromatic heterocycles. The summed E-state index contributed by atoms with van der Waals surface area (Å²) in [4.78, 5) is 13.2. The average molecular weight is 613 g/mol. The molecular formula is C34H39ClF2N2O4. The molecule has 3 aliphatic carbocycles. The van der Waals surface area contributed by atoms with E-state index in [0.29, 0.717) is 36.9 Å². The molecule has 4 aliphatic rings. The normalized spacial score (nSPS) is 33.5. The van der Waals surface area contributed by atoms with Crippen LogP contribution in [0.2, 0.25) is 5.02 Å². The molecule has 2 aromatic carbocycles. The van der Waals surface area contributed by atoms with E-state index in [0.717, 1.165) is 18.4 Å². The number of aliphatic hydroxyl groups is 2. The van der Waals surface area contributed by atoms with Gasteiger partial charge in [0.1, 0.15) is 17.7 Å². The maximum absolute atomic E-state index is 16.7. The van der Waals surface area contributed by atoms with E-state index in [-0.39, 0.29) is 45.9 Å². The number of likely N-dealkylation sites (N-methyl/N-ethyl adjacent to an activating group) is 1. The number of aliphatic hydroxyl groups excluding tert-OH is 1. The Bertz CT molecular complexity index is 1480. The van der Waals surface area contributed by atoms with Crippen molar-refractivity contribution in [2.24, 2.45) is 11.8 Å². The van der Waals surface area contributed by atoms with E-state index in [4.69, 9.17) is 16.3 Å². The number of carbonyl (C=O) groups is 1. The van der Waals surface area contributed by atoms with Crippen LogP contribution in [0, 0.1) is 17.7 Å². The third-order valence-electron chi connectivity index (χ3n) is 9.98. The van der Waals surface area contributed by atoms with Crippen LogP contribution in [0.4, 0.5) is 8.78 Å². The van der Waals surface area contributed by atoms with Gasteiger partial charge in [-0.1, -0.05) is 54.4 Å². The summed E-state index contributed by atoms with van der Waals surface area (Å²) in [7, 11) is 1.47. The first-order chi connectivity index (χ1) is 20.4. The van der Waals surface area contributed by atoms with Gasteiger partial charge in [0, 0.05) is 60.3 Å². The van der Waals surface area contributed by atoms with Gasteiger partial charge in [-0.3, -0.25) is 4.79 Å². The lowest BCUT2D eigenvalue weighted by Crippen LogP contribution is -2.48. The fourth-order valence-electron chi connectivity index (χ4n) is 7.48. The number of hydrogen-bond acceptors (Lipinski definition) is 5. The second kappa shape index (κ2) is 11.3. The molecule has 43 heavy (non-hydrogen) atoms. The molecule has 1 amide bonds. The van der Waals surface area contributed by atoms with Crippen molar-refractivity contribution in [3.05, 3.63) is 81.2 Å². The van der Waals surface area contributed by atoms with E-state index in [1.807, 2.05) is 44.2 Å². The first-order valence-electron chi connectivity index (χ1n) is 15.1. The molecule has 6 nitrogen and oxygen atoms in total. The minimum atomic E-state index is -1.77. The Morgan fingerprint density at radius 2 is 1.91 bits per heavy atom. The molecule has 230 valence electrons. The van der Waals surface area contributed by atoms with Crippen molar-refractivity contribution in [1.29, 1.82) is 0 Å². The van der Waals surface area contributed by atoms with Crippen molar-refractivity contribution in [3.63, 3.8) is 0 Å². The molecule has 2 saturated carbocycles. The van der Waals surface area contributed by atoms with Crippen LogP contribution in [0.1, 0.15) is 62.6 Å². The van der Waals surface area contributed by atoms with Crippen molar-refractivity contribution in [3.8, 4) is 5.75 Å². The number of amides is 1. The highest BCUT2D eigenvalue weighted by Gasteiger charge is 2.50. The number of alkyl halides is 1. The van der Waals surface area contributed by atoms with Crippen molar-refractivity contribution in [2.75, 3.05) is 13.6 Å². The minimum Gasteiger partial charge on any atom is -0.480 e. The maximum Gasteiger partial charge on any atom is 0.251 e. The van der Waals surface area contributed by atoms with E-state index < -0.39 is 41.1 Å². The van der Waals surface area contributed by atoms with Gasteiger partial charge in [0.05, 0.1) is 16.7 Å². The van der Waals surface area contributed by atoms with Crippen LogP contribution >= 0.6 is 11.6 Å². The summed E-state index contributed by atoms with van der Waals surface area (Å²) in [6.07, 6.45) is 2.65. The number of hydrogen-bond donors (Lipinski definition) is 4. The second-order valence-corrected chi connectivity index (χ2v) is 13.4. The molecule has 3 unspecified atom stereocenters. The lowest BCUT2D eigenvalue weighted by atomic mass is 9.77. The molecule has 0 radical (unpaired) electrons. The largest absolute Gasteiger partial charge is 0.480 e. The molecular weight excluding hydrogens is 574 g/mol. The van der Waals surface area contributed by atoms with Crippen LogP contribution in [-0.4, -0.2) is 53.6 Å². The summed E-state index contributed by atoms with van der Waals surface area (Å²) >= 11 is 6.68. The second-order valence-electron chi connectivity index (χ2n) is 13.0. The standard InChI is InChI=1S/C34H39ClF2N2O4/c1-18-13-19-14-22(32(41)38-3)28(30(37)26(19)31(18)40)27-23-16-34(20-7-5-4-6-8-20,43-25(23)15-24(36)29(27)35)17-39-21-9-11-33(2,42)12-10-21/h4-8,14-15,18,21,26,30-31,39-40,42H,9-13,16-17H2,1-3H3,(H,38,41)/t18?,21?,26-,30?,31?,33?,34+/m0/s1. The van der Waals surface area contributed by atoms with Crippen LogP contribution in [-0.2, 0) is 16.8 Å². The summed E-state index contributed by atoms with van der Waals surface area (Å²) in [5, 5.41) is 27.3. The Labute approximate surface area is 256 Å². The molecule has 2 aromatic rings. The highest BCUT2D eigenvalue weighted by Crippen LogP contribution is 2.53. The molecule has 6 rings (SSSR count). The zero-order chi connectivity index (χ0) is 30.7. The summed E-state index contributed by atoms with van der Waals surface area (Å²) in [5.74, 6) is -2.06. The Morgan fingerprint density at radius 3 is 2.58 bits per heavy atom. The van der Waals surface area contributed by atoms with E-state index >= 15 is 8.78 Å². The molecule has 0 spiro atoms. The number of carbonyl (C=O) groups excluding carboxylic acids is 1. The van der Waals surface area contributed by atoms with E-state index in [1.54, 1.807) is 6.08 Å². The topological polar surface area (TPSA) is 90.8 Å². The number of ether oxygens (including phenoxy) is 1. The van der Waals surface area contributed by atoms with Gasteiger partial charge in [-0.25, -0.2) is 8.78 Å². The first-order valence-corrected chi connectivity index (χ1v) is 15.5. The molecule has 1 heterocycles. The van der Waals surface area contributed by atoms with Crippen molar-refractivity contribution in [1.82, 2.24) is 10.6 Å². The molecule has 0 saturated heterocycles. The Hall–Kier alpha value is -2.78. The zero-order valence-corrected chi connectivity index (χ0v) is 25.5. The fourth-order valence-corrected chi connectivity index (χ4v) is 7.75. The number of rotatable bonds is 6. The van der Waals surface area contributed by atoms with Crippen LogP contribution in [0.25, 0.3) is 5.57 Å². The molecule has 5 atom stereocenters. The summed E-state index contributed by atoms with van der Waals surface area (Å²) in [5.41, 5.74) is 0.634. The monoisotopic (exact) mass is 612 g/mol. The van der Waals surface area contributed by atoms with Gasteiger partial charge in [0.25, 0.3) is 5.91 Å². The lowest BCUT2D eigenvalue weighted by molar-refractivity contribution is -0.116. The Balaban J connectivity index is 1.45. The minimum absolute atomic E-state index is 0.0167. The molecule has 2 fully saturated rings. The molecule has 1 aliphatic heterocycles. The highest BCUT2D eigenvalue weighted by atomic mass is 35.5. The van der Waals surface area contributed by atoms with E-state index in [1.165, 1.54) is 13.1 Å². The van der Waals surface area contributed by atoms with Crippen molar-refractivity contribution < 1.29 is 28.5 Å². The van der Waals surface area contributed by atoms with Crippen LogP contribution in [0.5, 0.6) is 5.75 Å². The predicted octanol–water partition coefficient (Wildman–Crippen LogP) is 5.39. The maximum atomic E-state index is 16.7. The zero-order valence-electron chi connectivity index (χ0n) is 24.7. The predicted molar refractivity (Wildman–Crippen MR) is 162 cm³/mol. The SMILES string of the molecule is CNC(=O)C1=C(c2c(Cl)c(F)cc3c2C[C@@](CNC2CCC(C)(O)CC2)(c2ccccc2)O3)C(F)[C@@H]2C(=C1)CC(C)C2O. The number of allylic oxidation sites excluding steroid dienone is 1. The molecule has 9 heteroatoms. The Morgan fingerprint density at radius 1 is 1.21 bits per heavy atom. The average Bonchev–Trinajstić information content (AvgIpc) is 3.50.